The first kappa shape index (κ1) is 14.8. The summed E-state index contributed by atoms with van der Waals surface area (Å²) in [5.74, 6) is 0. The highest BCUT2D eigenvalue weighted by Gasteiger charge is 2.14. The Kier molecular flexibility index (Phi) is 4.32. The van der Waals surface area contributed by atoms with Gasteiger partial charge in [0, 0.05) is 11.4 Å². The van der Waals surface area contributed by atoms with Crippen LogP contribution >= 0.6 is 11.3 Å². The van der Waals surface area contributed by atoms with Crippen LogP contribution in [0.3, 0.4) is 0 Å². The number of nitrogen functional groups attached to an aromatic ring is 1. The number of anilines is 2. The number of primary sulfonamides is 1. The van der Waals surface area contributed by atoms with Crippen LogP contribution in [-0.2, 0) is 16.6 Å². The Morgan fingerprint density at radius 1 is 1.30 bits per heavy atom. The zero-order valence-electron chi connectivity index (χ0n) is 11.1. The molecule has 0 bridgehead atoms. The van der Waals surface area contributed by atoms with Crippen molar-refractivity contribution in [1.29, 1.82) is 0 Å². The van der Waals surface area contributed by atoms with Crippen molar-refractivity contribution in [2.75, 3.05) is 17.2 Å². The van der Waals surface area contributed by atoms with Gasteiger partial charge in [0.05, 0.1) is 22.8 Å². The van der Waals surface area contributed by atoms with Crippen LogP contribution in [0.2, 0.25) is 0 Å². The molecule has 1 heterocycles. The molecule has 0 aliphatic rings. The molecule has 0 atom stereocenters. The van der Waals surface area contributed by atoms with Gasteiger partial charge in [-0.15, -0.1) is 11.3 Å². The van der Waals surface area contributed by atoms with Gasteiger partial charge in [0.25, 0.3) is 0 Å². The summed E-state index contributed by atoms with van der Waals surface area (Å²) >= 11 is 1.65. The van der Waals surface area contributed by atoms with Gasteiger partial charge in [0.1, 0.15) is 0 Å². The smallest absolute Gasteiger partial charge is 0.238 e. The average Bonchev–Trinajstić information content (AvgIpc) is 2.88. The van der Waals surface area contributed by atoms with E-state index in [0.717, 1.165) is 6.54 Å². The first-order valence-electron chi connectivity index (χ1n) is 6.11. The number of rotatable bonds is 5. The van der Waals surface area contributed by atoms with Gasteiger partial charge in [-0.1, -0.05) is 6.07 Å². The number of hydrogen-bond acceptors (Lipinski definition) is 5. The zero-order valence-corrected chi connectivity index (χ0v) is 12.7. The van der Waals surface area contributed by atoms with E-state index in [2.05, 4.69) is 0 Å². The van der Waals surface area contributed by atoms with Gasteiger partial charge < -0.3 is 10.6 Å². The lowest BCUT2D eigenvalue weighted by Gasteiger charge is -2.24. The Hall–Kier alpha value is -1.57. The van der Waals surface area contributed by atoms with Crippen LogP contribution in [0.5, 0.6) is 0 Å². The van der Waals surface area contributed by atoms with Gasteiger partial charge in [-0.3, -0.25) is 0 Å². The lowest BCUT2D eigenvalue weighted by molar-refractivity contribution is 0.598. The maximum absolute atomic E-state index is 11.4. The minimum absolute atomic E-state index is 0.0753. The van der Waals surface area contributed by atoms with E-state index < -0.39 is 10.0 Å². The summed E-state index contributed by atoms with van der Waals surface area (Å²) in [6, 6.07) is 8.55. The standard InChI is InChI=1S/C13H17N3O2S2/c1-2-16(9-10-4-3-7-19-10)13-8-11(20(15,17)18)5-6-12(13)14/h3-8H,2,9,14H2,1H3,(H2,15,17,18). The van der Waals surface area contributed by atoms with Crippen LogP contribution in [0, 0.1) is 0 Å². The molecule has 1 aromatic heterocycles. The van der Waals surface area contributed by atoms with Crippen molar-refractivity contribution in [1.82, 2.24) is 0 Å². The minimum atomic E-state index is -3.73. The van der Waals surface area contributed by atoms with Crippen molar-refractivity contribution in [3.05, 3.63) is 40.6 Å². The molecule has 0 saturated heterocycles. The Labute approximate surface area is 122 Å². The summed E-state index contributed by atoms with van der Waals surface area (Å²) < 4.78 is 22.9. The fourth-order valence-corrected chi connectivity index (χ4v) is 3.19. The molecule has 0 spiro atoms. The average molecular weight is 311 g/mol. The second-order valence-corrected chi connectivity index (χ2v) is 6.95. The second-order valence-electron chi connectivity index (χ2n) is 4.36. The van der Waals surface area contributed by atoms with Crippen molar-refractivity contribution < 1.29 is 8.42 Å². The van der Waals surface area contributed by atoms with Crippen LogP contribution in [0.1, 0.15) is 11.8 Å². The first-order chi connectivity index (χ1) is 9.41. The summed E-state index contributed by atoms with van der Waals surface area (Å²) in [5.41, 5.74) is 7.19. The van der Waals surface area contributed by atoms with E-state index >= 15 is 0 Å². The normalized spacial score (nSPS) is 11.5. The molecule has 0 fully saturated rings. The molecule has 20 heavy (non-hydrogen) atoms. The molecule has 5 nitrogen and oxygen atoms in total. The molecule has 108 valence electrons. The number of thiophene rings is 1. The van der Waals surface area contributed by atoms with Crippen LogP contribution in [0.4, 0.5) is 11.4 Å². The number of hydrogen-bond donors (Lipinski definition) is 2. The maximum Gasteiger partial charge on any atom is 0.238 e. The fraction of sp³-hybridized carbons (Fsp3) is 0.231. The Morgan fingerprint density at radius 2 is 2.05 bits per heavy atom. The van der Waals surface area contributed by atoms with E-state index in [1.807, 2.05) is 29.3 Å². The molecule has 0 saturated carbocycles. The molecular weight excluding hydrogens is 294 g/mol. The number of nitrogens with zero attached hydrogens (tertiary/aromatic N) is 1. The molecule has 0 aliphatic heterocycles. The van der Waals surface area contributed by atoms with E-state index in [4.69, 9.17) is 10.9 Å². The number of sulfonamides is 1. The molecular formula is C13H17N3O2S2. The molecule has 1 aromatic carbocycles. The fourth-order valence-electron chi connectivity index (χ4n) is 1.93. The summed E-state index contributed by atoms with van der Waals surface area (Å²) in [5, 5.41) is 7.18. The van der Waals surface area contributed by atoms with Crippen LogP contribution in [0.15, 0.2) is 40.6 Å². The lowest BCUT2D eigenvalue weighted by Crippen LogP contribution is -2.23. The third kappa shape index (κ3) is 3.30. The number of benzene rings is 1. The van der Waals surface area contributed by atoms with E-state index in [1.165, 1.54) is 17.0 Å². The summed E-state index contributed by atoms with van der Waals surface area (Å²) in [6.45, 7) is 3.40. The SMILES string of the molecule is CCN(Cc1cccs1)c1cc(S(N)(=O)=O)ccc1N. The molecule has 0 unspecified atom stereocenters. The zero-order chi connectivity index (χ0) is 14.8. The van der Waals surface area contributed by atoms with Crippen LogP contribution in [-0.4, -0.2) is 15.0 Å². The summed E-state index contributed by atoms with van der Waals surface area (Å²) in [7, 11) is -3.73. The van der Waals surface area contributed by atoms with E-state index in [9.17, 15) is 8.42 Å². The quantitative estimate of drug-likeness (QED) is 0.827. The molecule has 0 radical (unpaired) electrons. The Balaban J connectivity index is 2.38. The van der Waals surface area contributed by atoms with Gasteiger partial charge >= 0.3 is 0 Å². The molecule has 4 N–H and O–H groups in total. The highest BCUT2D eigenvalue weighted by atomic mass is 32.2. The summed E-state index contributed by atoms with van der Waals surface area (Å²) in [6.07, 6.45) is 0. The van der Waals surface area contributed by atoms with Crippen molar-refractivity contribution in [3.8, 4) is 0 Å². The minimum Gasteiger partial charge on any atom is -0.397 e. The number of nitrogens with two attached hydrogens (primary N) is 2. The maximum atomic E-state index is 11.4. The van der Waals surface area contributed by atoms with Crippen molar-refractivity contribution >= 4 is 32.7 Å². The van der Waals surface area contributed by atoms with Gasteiger partial charge in [0.2, 0.25) is 10.0 Å². The third-order valence-electron chi connectivity index (χ3n) is 2.98. The van der Waals surface area contributed by atoms with Crippen LogP contribution in [0.25, 0.3) is 0 Å². The monoisotopic (exact) mass is 311 g/mol. The van der Waals surface area contributed by atoms with E-state index in [0.29, 0.717) is 17.9 Å². The van der Waals surface area contributed by atoms with E-state index in [-0.39, 0.29) is 4.90 Å². The van der Waals surface area contributed by atoms with Gasteiger partial charge in [0.15, 0.2) is 0 Å². The predicted molar refractivity (Wildman–Crippen MR) is 83.3 cm³/mol. The Bertz CT molecular complexity index is 682. The third-order valence-corrected chi connectivity index (χ3v) is 4.75. The largest absolute Gasteiger partial charge is 0.397 e. The van der Waals surface area contributed by atoms with Crippen molar-refractivity contribution in [3.63, 3.8) is 0 Å². The molecule has 0 amide bonds. The lowest BCUT2D eigenvalue weighted by atomic mass is 10.2. The van der Waals surface area contributed by atoms with Gasteiger partial charge in [-0.05, 0) is 36.6 Å². The molecule has 7 heteroatoms. The first-order valence-corrected chi connectivity index (χ1v) is 8.54. The Morgan fingerprint density at radius 3 is 2.60 bits per heavy atom. The van der Waals surface area contributed by atoms with E-state index in [1.54, 1.807) is 17.4 Å². The topological polar surface area (TPSA) is 89.4 Å². The summed E-state index contributed by atoms with van der Waals surface area (Å²) in [4.78, 5) is 3.29. The van der Waals surface area contributed by atoms with Crippen molar-refractivity contribution in [2.45, 2.75) is 18.4 Å². The molecule has 2 rings (SSSR count). The molecule has 2 aromatic rings. The highest BCUT2D eigenvalue weighted by molar-refractivity contribution is 7.89. The van der Waals surface area contributed by atoms with Gasteiger partial charge in [-0.2, -0.15) is 0 Å². The second kappa shape index (κ2) is 5.82. The highest BCUT2D eigenvalue weighted by Crippen LogP contribution is 2.28. The van der Waals surface area contributed by atoms with Gasteiger partial charge in [-0.25, -0.2) is 13.6 Å². The molecule has 0 aliphatic carbocycles. The predicted octanol–water partition coefficient (Wildman–Crippen LogP) is 2.00. The van der Waals surface area contributed by atoms with Crippen molar-refractivity contribution in [2.24, 2.45) is 5.14 Å². The van der Waals surface area contributed by atoms with Crippen LogP contribution < -0.4 is 15.8 Å².